The molecule has 0 saturated heterocycles. The predicted molar refractivity (Wildman–Crippen MR) is 116 cm³/mol. The van der Waals surface area contributed by atoms with E-state index in [-0.39, 0.29) is 25.0 Å². The molecule has 3 rings (SSSR count). The van der Waals surface area contributed by atoms with Gasteiger partial charge in [0.25, 0.3) is 0 Å². The average Bonchev–Trinajstić information content (AvgIpc) is 2.68. The summed E-state index contributed by atoms with van der Waals surface area (Å²) in [6.45, 7) is 3.91. The van der Waals surface area contributed by atoms with Crippen LogP contribution in [0.25, 0.3) is 0 Å². The Kier molecular flexibility index (Phi) is 6.75. The van der Waals surface area contributed by atoms with Crippen molar-refractivity contribution in [2.24, 2.45) is 0 Å². The van der Waals surface area contributed by atoms with E-state index in [4.69, 9.17) is 0 Å². The van der Waals surface area contributed by atoms with E-state index in [0.29, 0.717) is 0 Å². The van der Waals surface area contributed by atoms with Gasteiger partial charge in [0.15, 0.2) is 0 Å². The maximum absolute atomic E-state index is 12.6. The van der Waals surface area contributed by atoms with Crippen molar-refractivity contribution in [2.75, 3.05) is 12.8 Å². The van der Waals surface area contributed by atoms with Crippen molar-refractivity contribution in [1.29, 1.82) is 0 Å². The zero-order valence-electron chi connectivity index (χ0n) is 17.4. The fourth-order valence-corrected chi connectivity index (χ4v) is 4.48. The summed E-state index contributed by atoms with van der Waals surface area (Å²) in [6, 6.07) is 13.9. The van der Waals surface area contributed by atoms with E-state index in [1.165, 1.54) is 28.3 Å². The third-order valence-corrected chi connectivity index (χ3v) is 6.71. The van der Waals surface area contributed by atoms with Crippen LogP contribution in [0.4, 0.5) is 0 Å². The Hall–Kier alpha value is -2.18. The number of hydrogen-bond donors (Lipinski definition) is 1. The van der Waals surface area contributed by atoms with Crippen LogP contribution in [0.5, 0.6) is 0 Å². The lowest BCUT2D eigenvalue weighted by molar-refractivity contribution is -0.122. The van der Waals surface area contributed by atoms with Gasteiger partial charge in [-0.1, -0.05) is 48.0 Å². The second kappa shape index (κ2) is 9.09. The molecule has 0 saturated carbocycles. The van der Waals surface area contributed by atoms with Gasteiger partial charge in [-0.25, -0.2) is 8.42 Å². The molecule has 0 fully saturated rings. The van der Waals surface area contributed by atoms with Gasteiger partial charge in [-0.05, 0) is 61.8 Å². The minimum Gasteiger partial charge on any atom is -0.348 e. The maximum atomic E-state index is 12.6. The van der Waals surface area contributed by atoms with Crippen molar-refractivity contribution in [1.82, 2.24) is 9.62 Å². The van der Waals surface area contributed by atoms with Crippen molar-refractivity contribution in [3.63, 3.8) is 0 Å². The number of carbonyl (C=O) groups excluding carboxylic acids is 1. The molecular weight excluding hydrogens is 384 g/mol. The second-order valence-electron chi connectivity index (χ2n) is 8.04. The number of carbonyl (C=O) groups is 1. The lowest BCUT2D eigenvalue weighted by Gasteiger charge is -2.23. The first-order valence-electron chi connectivity index (χ1n) is 10.1. The van der Waals surface area contributed by atoms with Crippen molar-refractivity contribution in [3.8, 4) is 0 Å². The van der Waals surface area contributed by atoms with Gasteiger partial charge in [-0.2, -0.15) is 4.31 Å². The van der Waals surface area contributed by atoms with E-state index in [9.17, 15) is 13.2 Å². The summed E-state index contributed by atoms with van der Waals surface area (Å²) in [4.78, 5) is 12.6. The van der Waals surface area contributed by atoms with Gasteiger partial charge in [0.2, 0.25) is 15.9 Å². The predicted octanol–water partition coefficient (Wildman–Crippen LogP) is 3.51. The fraction of sp³-hybridized carbons (Fsp3) is 0.435. The summed E-state index contributed by atoms with van der Waals surface area (Å²) in [6.07, 6.45) is 5.79. The highest BCUT2D eigenvalue weighted by Gasteiger charge is 2.22. The Bertz CT molecular complexity index is 968. The number of amides is 1. The Morgan fingerprint density at radius 2 is 1.72 bits per heavy atom. The summed E-state index contributed by atoms with van der Waals surface area (Å²) in [5.41, 5.74) is 5.79. The van der Waals surface area contributed by atoms with E-state index in [1.54, 1.807) is 0 Å². The van der Waals surface area contributed by atoms with Crippen LogP contribution in [0.3, 0.4) is 0 Å². The molecule has 2 aromatic carbocycles. The average molecular weight is 415 g/mol. The summed E-state index contributed by atoms with van der Waals surface area (Å²) in [5, 5.41) is 2.96. The molecule has 0 radical (unpaired) electrons. The number of nitrogens with one attached hydrogen (secondary N) is 1. The van der Waals surface area contributed by atoms with Gasteiger partial charge in [-0.3, -0.25) is 4.79 Å². The van der Waals surface area contributed by atoms with E-state index in [1.807, 2.05) is 38.1 Å². The molecule has 2 aromatic rings. The van der Waals surface area contributed by atoms with Crippen LogP contribution in [-0.4, -0.2) is 31.4 Å². The number of rotatable bonds is 7. The van der Waals surface area contributed by atoms with Crippen LogP contribution in [0.2, 0.25) is 0 Å². The van der Waals surface area contributed by atoms with Crippen molar-refractivity contribution in [2.45, 2.75) is 52.1 Å². The van der Waals surface area contributed by atoms with Crippen LogP contribution in [0, 0.1) is 6.92 Å². The number of sulfonamides is 1. The molecule has 1 aliphatic carbocycles. The summed E-state index contributed by atoms with van der Waals surface area (Å²) >= 11 is 0. The molecular formula is C23H30N2O3S. The van der Waals surface area contributed by atoms with E-state index in [0.717, 1.165) is 35.8 Å². The minimum absolute atomic E-state index is 0.171. The first-order valence-corrected chi connectivity index (χ1v) is 12.0. The summed E-state index contributed by atoms with van der Waals surface area (Å²) in [7, 11) is -3.51. The molecule has 1 aliphatic rings. The molecule has 0 bridgehead atoms. The van der Waals surface area contributed by atoms with Gasteiger partial charge in [0.05, 0.1) is 18.8 Å². The number of aryl methyl sites for hydroxylation is 3. The van der Waals surface area contributed by atoms with Crippen molar-refractivity contribution >= 4 is 15.9 Å². The van der Waals surface area contributed by atoms with Gasteiger partial charge in [-0.15, -0.1) is 0 Å². The number of benzene rings is 2. The van der Waals surface area contributed by atoms with Crippen LogP contribution in [0.15, 0.2) is 42.5 Å². The van der Waals surface area contributed by atoms with E-state index >= 15 is 0 Å². The van der Waals surface area contributed by atoms with E-state index < -0.39 is 10.0 Å². The largest absolute Gasteiger partial charge is 0.348 e. The van der Waals surface area contributed by atoms with Crippen molar-refractivity contribution in [3.05, 3.63) is 70.3 Å². The monoisotopic (exact) mass is 414 g/mol. The molecule has 0 heterocycles. The van der Waals surface area contributed by atoms with Crippen molar-refractivity contribution < 1.29 is 13.2 Å². The standard InChI is InChI=1S/C23H30N2O3S/c1-17-8-10-19(11-9-17)15-25(29(3,27)28)16-23(26)24-18(2)21-13-12-20-6-4-5-7-22(20)14-21/h8-14,18H,4-7,15-16H2,1-3H3,(H,24,26)/t18-/m0/s1. The summed E-state index contributed by atoms with van der Waals surface area (Å²) in [5.74, 6) is -0.298. The van der Waals surface area contributed by atoms with Crippen LogP contribution in [-0.2, 0) is 34.2 Å². The topological polar surface area (TPSA) is 66.5 Å². The lowest BCUT2D eigenvalue weighted by atomic mass is 9.89. The molecule has 1 atom stereocenters. The van der Waals surface area contributed by atoms with Gasteiger partial charge < -0.3 is 5.32 Å². The Labute approximate surface area is 174 Å². The molecule has 0 spiro atoms. The number of hydrogen-bond acceptors (Lipinski definition) is 3. The molecule has 1 N–H and O–H groups in total. The number of fused-ring (bicyclic) bond motifs is 1. The van der Waals surface area contributed by atoms with Gasteiger partial charge in [0.1, 0.15) is 0 Å². The van der Waals surface area contributed by atoms with Crippen LogP contribution in [0.1, 0.15) is 53.6 Å². The first kappa shape index (κ1) is 21.5. The lowest BCUT2D eigenvalue weighted by Crippen LogP contribution is -2.40. The highest BCUT2D eigenvalue weighted by Crippen LogP contribution is 2.24. The highest BCUT2D eigenvalue weighted by atomic mass is 32.2. The molecule has 0 aromatic heterocycles. The summed E-state index contributed by atoms with van der Waals surface area (Å²) < 4.78 is 25.6. The van der Waals surface area contributed by atoms with Crippen LogP contribution >= 0.6 is 0 Å². The Balaban J connectivity index is 1.65. The van der Waals surface area contributed by atoms with Crippen LogP contribution < -0.4 is 5.32 Å². The normalized spacial score (nSPS) is 15.0. The molecule has 6 heteroatoms. The number of nitrogens with zero attached hydrogens (tertiary/aromatic N) is 1. The third-order valence-electron chi connectivity index (χ3n) is 5.52. The fourth-order valence-electron chi connectivity index (χ4n) is 3.74. The molecule has 156 valence electrons. The van der Waals surface area contributed by atoms with E-state index in [2.05, 4.69) is 23.5 Å². The third kappa shape index (κ3) is 5.90. The van der Waals surface area contributed by atoms with Gasteiger partial charge in [0, 0.05) is 6.54 Å². The Morgan fingerprint density at radius 3 is 2.38 bits per heavy atom. The highest BCUT2D eigenvalue weighted by molar-refractivity contribution is 7.88. The Morgan fingerprint density at radius 1 is 1.07 bits per heavy atom. The second-order valence-corrected chi connectivity index (χ2v) is 10.0. The smallest absolute Gasteiger partial charge is 0.235 e. The molecule has 29 heavy (non-hydrogen) atoms. The SMILES string of the molecule is Cc1ccc(CN(CC(=O)N[C@@H](C)c2ccc3c(c2)CCCC3)S(C)(=O)=O)cc1. The molecule has 0 aliphatic heterocycles. The molecule has 0 unspecified atom stereocenters. The quantitative estimate of drug-likeness (QED) is 0.754. The van der Waals surface area contributed by atoms with Gasteiger partial charge >= 0.3 is 0 Å². The maximum Gasteiger partial charge on any atom is 0.235 e. The molecule has 1 amide bonds. The zero-order chi connectivity index (χ0) is 21.0. The molecule has 5 nitrogen and oxygen atoms in total. The first-order chi connectivity index (χ1) is 13.7. The zero-order valence-corrected chi connectivity index (χ0v) is 18.3. The minimum atomic E-state index is -3.51.